The van der Waals surface area contributed by atoms with Crippen LogP contribution < -0.4 is 5.32 Å². The van der Waals surface area contributed by atoms with E-state index in [-0.39, 0.29) is 0 Å². The van der Waals surface area contributed by atoms with E-state index in [9.17, 15) is 0 Å². The average molecular weight is 267 g/mol. The number of hydrogen-bond acceptors (Lipinski definition) is 5. The molecule has 0 spiro atoms. The van der Waals surface area contributed by atoms with Gasteiger partial charge in [-0.3, -0.25) is 0 Å². The lowest BCUT2D eigenvalue weighted by Crippen LogP contribution is -2.19. The smallest absolute Gasteiger partial charge is 0.0701 e. The second kappa shape index (κ2) is 13.6. The first-order chi connectivity index (χ1) is 7.77. The van der Waals surface area contributed by atoms with E-state index in [1.165, 1.54) is 17.2 Å². The first-order valence-corrected chi connectivity index (χ1v) is 7.93. The molecule has 0 heterocycles. The van der Waals surface area contributed by atoms with Crippen molar-refractivity contribution in [3.05, 3.63) is 0 Å². The maximum atomic E-state index is 5.45. The molecule has 0 aromatic heterocycles. The van der Waals surface area contributed by atoms with Crippen molar-refractivity contribution in [3.63, 3.8) is 0 Å². The molecule has 0 unspecified atom stereocenters. The van der Waals surface area contributed by atoms with Crippen LogP contribution in [-0.2, 0) is 9.47 Å². The average Bonchev–Trinajstić information content (AvgIpc) is 2.25. The Labute approximate surface area is 109 Å². The van der Waals surface area contributed by atoms with E-state index in [2.05, 4.69) is 30.8 Å². The quantitative estimate of drug-likeness (QED) is 0.246. The summed E-state index contributed by atoms with van der Waals surface area (Å²) in [6.45, 7) is 8.34. The standard InChI is InChI=1S/C11H25NO2S2/c1-11(2)4-3-6-13-8-9-14-7-5-12-10-16-15/h11-12,15H,3-10H2,1-2H3. The molecule has 16 heavy (non-hydrogen) atoms. The van der Waals surface area contributed by atoms with Gasteiger partial charge < -0.3 is 14.8 Å². The van der Waals surface area contributed by atoms with E-state index >= 15 is 0 Å². The van der Waals surface area contributed by atoms with Crippen molar-refractivity contribution >= 4 is 22.5 Å². The molecular formula is C11H25NO2S2. The normalized spacial score (nSPS) is 11.2. The van der Waals surface area contributed by atoms with Gasteiger partial charge in [-0.05, 0) is 18.8 Å². The van der Waals surface area contributed by atoms with E-state index in [1.807, 2.05) is 0 Å². The summed E-state index contributed by atoms with van der Waals surface area (Å²) < 4.78 is 10.8. The summed E-state index contributed by atoms with van der Waals surface area (Å²) in [4.78, 5) is 0. The fraction of sp³-hybridized carbons (Fsp3) is 1.00. The Morgan fingerprint density at radius 1 is 1.12 bits per heavy atom. The van der Waals surface area contributed by atoms with Crippen LogP contribution in [0.5, 0.6) is 0 Å². The van der Waals surface area contributed by atoms with Crippen molar-refractivity contribution in [2.75, 3.05) is 38.8 Å². The number of nitrogens with one attached hydrogen (secondary N) is 1. The van der Waals surface area contributed by atoms with Gasteiger partial charge in [0.05, 0.1) is 25.7 Å². The molecule has 98 valence electrons. The molecule has 0 aliphatic carbocycles. The van der Waals surface area contributed by atoms with Gasteiger partial charge in [0.15, 0.2) is 0 Å². The Kier molecular flexibility index (Phi) is 14.1. The van der Waals surface area contributed by atoms with Crippen LogP contribution >= 0.6 is 22.5 Å². The Morgan fingerprint density at radius 3 is 2.44 bits per heavy atom. The third-order valence-corrected chi connectivity index (χ3v) is 2.75. The van der Waals surface area contributed by atoms with Gasteiger partial charge in [-0.15, -0.1) is 11.7 Å². The molecular weight excluding hydrogens is 242 g/mol. The zero-order valence-electron chi connectivity index (χ0n) is 10.4. The lowest BCUT2D eigenvalue weighted by atomic mass is 10.1. The summed E-state index contributed by atoms with van der Waals surface area (Å²) in [5.74, 6) is 1.63. The number of rotatable bonds is 12. The van der Waals surface area contributed by atoms with Crippen LogP contribution in [0.1, 0.15) is 26.7 Å². The Bertz CT molecular complexity index is 137. The van der Waals surface area contributed by atoms with Crippen molar-refractivity contribution in [1.29, 1.82) is 0 Å². The van der Waals surface area contributed by atoms with Crippen molar-refractivity contribution in [2.24, 2.45) is 5.92 Å². The molecule has 0 bridgehead atoms. The highest BCUT2D eigenvalue weighted by atomic mass is 33.1. The molecule has 0 radical (unpaired) electrons. The monoisotopic (exact) mass is 267 g/mol. The second-order valence-corrected chi connectivity index (χ2v) is 5.36. The van der Waals surface area contributed by atoms with Gasteiger partial charge in [0.2, 0.25) is 0 Å². The highest BCUT2D eigenvalue weighted by Gasteiger charge is 1.94. The minimum Gasteiger partial charge on any atom is -0.379 e. The number of hydrogen-bond donors (Lipinski definition) is 2. The summed E-state index contributed by atoms with van der Waals surface area (Å²) in [5, 5.41) is 3.18. The molecule has 0 amide bonds. The number of thiol groups is 1. The van der Waals surface area contributed by atoms with Gasteiger partial charge in [0, 0.05) is 13.2 Å². The molecule has 1 N–H and O–H groups in total. The fourth-order valence-electron chi connectivity index (χ4n) is 1.18. The molecule has 0 saturated carbocycles. The van der Waals surface area contributed by atoms with E-state index < -0.39 is 0 Å². The van der Waals surface area contributed by atoms with E-state index in [4.69, 9.17) is 9.47 Å². The molecule has 0 rings (SSSR count). The molecule has 3 nitrogen and oxygen atoms in total. The second-order valence-electron chi connectivity index (χ2n) is 4.03. The highest BCUT2D eigenvalue weighted by Crippen LogP contribution is 2.02. The molecule has 5 heteroatoms. The molecule has 0 aromatic carbocycles. The van der Waals surface area contributed by atoms with Gasteiger partial charge in [-0.1, -0.05) is 24.6 Å². The largest absolute Gasteiger partial charge is 0.379 e. The predicted molar refractivity (Wildman–Crippen MR) is 75.2 cm³/mol. The summed E-state index contributed by atoms with van der Waals surface area (Å²) in [5.41, 5.74) is 0. The Balaban J connectivity index is 2.88. The van der Waals surface area contributed by atoms with Crippen LogP contribution in [-0.4, -0.2) is 38.8 Å². The van der Waals surface area contributed by atoms with Gasteiger partial charge >= 0.3 is 0 Å². The summed E-state index contributed by atoms with van der Waals surface area (Å²) in [7, 11) is 1.48. The minimum absolute atomic E-state index is 0.692. The summed E-state index contributed by atoms with van der Waals surface area (Å²) >= 11 is 4.02. The highest BCUT2D eigenvalue weighted by molar-refractivity contribution is 8.68. The molecule has 0 saturated heterocycles. The third-order valence-electron chi connectivity index (χ3n) is 2.03. The topological polar surface area (TPSA) is 30.5 Å². The lowest BCUT2D eigenvalue weighted by molar-refractivity contribution is 0.0470. The maximum absolute atomic E-state index is 5.45. The van der Waals surface area contributed by atoms with E-state index in [0.717, 1.165) is 38.0 Å². The van der Waals surface area contributed by atoms with E-state index in [1.54, 1.807) is 0 Å². The van der Waals surface area contributed by atoms with Gasteiger partial charge in [0.1, 0.15) is 0 Å². The summed E-state index contributed by atoms with van der Waals surface area (Å²) in [6, 6.07) is 0. The molecule has 0 aliphatic rings. The number of ether oxygens (including phenoxy) is 2. The van der Waals surface area contributed by atoms with Gasteiger partial charge in [0.25, 0.3) is 0 Å². The van der Waals surface area contributed by atoms with Crippen molar-refractivity contribution < 1.29 is 9.47 Å². The lowest BCUT2D eigenvalue weighted by Gasteiger charge is -2.07. The van der Waals surface area contributed by atoms with Crippen molar-refractivity contribution in [3.8, 4) is 0 Å². The van der Waals surface area contributed by atoms with Crippen LogP contribution in [0.3, 0.4) is 0 Å². The van der Waals surface area contributed by atoms with Gasteiger partial charge in [-0.2, -0.15) is 0 Å². The first kappa shape index (κ1) is 16.6. The van der Waals surface area contributed by atoms with Crippen LogP contribution in [0.15, 0.2) is 0 Å². The third kappa shape index (κ3) is 14.6. The van der Waals surface area contributed by atoms with Crippen LogP contribution in [0.4, 0.5) is 0 Å². The Morgan fingerprint density at radius 2 is 1.81 bits per heavy atom. The van der Waals surface area contributed by atoms with Crippen LogP contribution in [0.25, 0.3) is 0 Å². The zero-order chi connectivity index (χ0) is 12.1. The predicted octanol–water partition coefficient (Wildman–Crippen LogP) is 2.58. The van der Waals surface area contributed by atoms with Crippen LogP contribution in [0, 0.1) is 5.92 Å². The van der Waals surface area contributed by atoms with E-state index in [0.29, 0.717) is 13.2 Å². The fourth-order valence-corrected chi connectivity index (χ4v) is 1.69. The molecule has 0 aliphatic heterocycles. The molecule has 0 aromatic rings. The van der Waals surface area contributed by atoms with Crippen molar-refractivity contribution in [2.45, 2.75) is 26.7 Å². The van der Waals surface area contributed by atoms with Crippen LogP contribution in [0.2, 0.25) is 0 Å². The minimum atomic E-state index is 0.692. The van der Waals surface area contributed by atoms with Crippen molar-refractivity contribution in [1.82, 2.24) is 5.32 Å². The summed E-state index contributed by atoms with van der Waals surface area (Å²) in [6.07, 6.45) is 2.39. The maximum Gasteiger partial charge on any atom is 0.0701 e. The Hall–Kier alpha value is 0.580. The first-order valence-electron chi connectivity index (χ1n) is 5.90. The molecule has 0 atom stereocenters. The van der Waals surface area contributed by atoms with Gasteiger partial charge in [-0.25, -0.2) is 0 Å². The zero-order valence-corrected chi connectivity index (χ0v) is 12.1. The SMILES string of the molecule is CC(C)CCCOCCOCCNCSS. The molecule has 0 fully saturated rings.